The van der Waals surface area contributed by atoms with Gasteiger partial charge in [-0.2, -0.15) is 0 Å². The van der Waals surface area contributed by atoms with Crippen molar-refractivity contribution in [3.05, 3.63) is 60.8 Å². The number of ether oxygens (including phenoxy) is 3. The van der Waals surface area contributed by atoms with Gasteiger partial charge in [0.1, 0.15) is 13.2 Å². The average Bonchev–Trinajstić information content (AvgIpc) is 3.23. The third-order valence-corrected chi connectivity index (χ3v) is 10.5. The second kappa shape index (κ2) is 47.8. The molecule has 0 aliphatic carbocycles. The summed E-state index contributed by atoms with van der Waals surface area (Å²) in [6, 6.07) is 0. The van der Waals surface area contributed by atoms with Gasteiger partial charge in [-0.25, -0.2) is 0 Å². The first kappa shape index (κ1) is 56.1. The lowest BCUT2D eigenvalue weighted by atomic mass is 10.1. The maximum absolute atomic E-state index is 12.7. The van der Waals surface area contributed by atoms with Crippen molar-refractivity contribution < 1.29 is 28.6 Å². The molecule has 0 saturated carbocycles. The van der Waals surface area contributed by atoms with Crippen LogP contribution in [0.1, 0.15) is 239 Å². The molecule has 0 aromatic heterocycles. The molecule has 0 N–H and O–H groups in total. The fraction of sp³-hybridized carbons (Fsp3) is 0.755. The molecule has 340 valence electrons. The van der Waals surface area contributed by atoms with Gasteiger partial charge in [-0.15, -0.1) is 0 Å². The Labute approximate surface area is 364 Å². The number of allylic oxidation sites excluding steroid dienone is 10. The Kier molecular flexibility index (Phi) is 45.4. The average molecular weight is 825 g/mol. The standard InChI is InChI=1S/C53H92O6/c1-4-7-10-13-16-19-21-23-25-26-28-29-31-34-37-40-43-46-52(55)58-49-50(48-57-51(54)45-42-39-36-33-18-15-12-9-6-3)59-53(56)47-44-41-38-35-32-30-27-24-22-20-17-14-11-8-5-2/h16-17,19-20,23-25,27,32,35,50H,4-15,18,21-22,26,28-31,33-34,36-49H2,1-3H3/b19-16-,20-17-,25-23-,27-24-,35-32-/t50-/m1/s1. The van der Waals surface area contributed by atoms with E-state index in [1.165, 1.54) is 116 Å². The molecule has 0 amide bonds. The topological polar surface area (TPSA) is 78.9 Å². The van der Waals surface area contributed by atoms with Crippen molar-refractivity contribution in [2.24, 2.45) is 0 Å². The fourth-order valence-corrected chi connectivity index (χ4v) is 6.71. The van der Waals surface area contributed by atoms with Crippen LogP contribution in [0, 0.1) is 0 Å². The summed E-state index contributed by atoms with van der Waals surface area (Å²) in [5.41, 5.74) is 0. The minimum atomic E-state index is -0.793. The van der Waals surface area contributed by atoms with E-state index in [-0.39, 0.29) is 37.5 Å². The summed E-state index contributed by atoms with van der Waals surface area (Å²) in [6.07, 6.45) is 57.7. The molecule has 0 fully saturated rings. The van der Waals surface area contributed by atoms with Crippen LogP contribution in [0.25, 0.3) is 0 Å². The minimum Gasteiger partial charge on any atom is -0.462 e. The van der Waals surface area contributed by atoms with Crippen LogP contribution in [0.2, 0.25) is 0 Å². The van der Waals surface area contributed by atoms with Gasteiger partial charge in [0.05, 0.1) is 0 Å². The second-order valence-electron chi connectivity index (χ2n) is 16.4. The molecular formula is C53H92O6. The number of hydrogen-bond donors (Lipinski definition) is 0. The van der Waals surface area contributed by atoms with Crippen LogP contribution in [0.5, 0.6) is 0 Å². The first-order valence-electron chi connectivity index (χ1n) is 24.8. The fourth-order valence-electron chi connectivity index (χ4n) is 6.71. The van der Waals surface area contributed by atoms with Crippen LogP contribution >= 0.6 is 0 Å². The monoisotopic (exact) mass is 825 g/mol. The van der Waals surface area contributed by atoms with Crippen molar-refractivity contribution >= 4 is 17.9 Å². The summed E-state index contributed by atoms with van der Waals surface area (Å²) in [7, 11) is 0. The summed E-state index contributed by atoms with van der Waals surface area (Å²) >= 11 is 0. The second-order valence-corrected chi connectivity index (χ2v) is 16.4. The smallest absolute Gasteiger partial charge is 0.306 e. The SMILES string of the molecule is CCCCC/C=C\C/C=C\C/C=C\CCCCC(=O)O[C@@H](COC(=O)CCCCCCCCC/C=C\C/C=C\CCCCC)COC(=O)CCCCCCCCCCC. The molecule has 0 aliphatic heterocycles. The zero-order chi connectivity index (χ0) is 43.0. The third-order valence-electron chi connectivity index (χ3n) is 10.5. The number of hydrogen-bond acceptors (Lipinski definition) is 6. The van der Waals surface area contributed by atoms with Crippen LogP contribution < -0.4 is 0 Å². The molecule has 0 bridgehead atoms. The highest BCUT2D eigenvalue weighted by atomic mass is 16.6. The summed E-state index contributed by atoms with van der Waals surface area (Å²) < 4.78 is 16.7. The molecule has 6 heteroatoms. The van der Waals surface area contributed by atoms with Crippen molar-refractivity contribution in [3.8, 4) is 0 Å². The van der Waals surface area contributed by atoms with Gasteiger partial charge in [0.25, 0.3) is 0 Å². The predicted molar refractivity (Wildman–Crippen MR) is 251 cm³/mol. The Morgan fingerprint density at radius 1 is 0.339 bits per heavy atom. The van der Waals surface area contributed by atoms with Crippen LogP contribution in [0.4, 0.5) is 0 Å². The molecule has 0 rings (SSSR count). The highest BCUT2D eigenvalue weighted by Crippen LogP contribution is 2.14. The van der Waals surface area contributed by atoms with Crippen LogP contribution in [-0.4, -0.2) is 37.2 Å². The van der Waals surface area contributed by atoms with Crippen molar-refractivity contribution in [1.82, 2.24) is 0 Å². The third kappa shape index (κ3) is 46.0. The normalized spacial score (nSPS) is 12.5. The zero-order valence-electron chi connectivity index (χ0n) is 38.8. The van der Waals surface area contributed by atoms with E-state index < -0.39 is 6.10 Å². The Morgan fingerprint density at radius 3 is 1.02 bits per heavy atom. The summed E-state index contributed by atoms with van der Waals surface area (Å²) in [4.78, 5) is 37.8. The lowest BCUT2D eigenvalue weighted by Gasteiger charge is -2.18. The van der Waals surface area contributed by atoms with E-state index in [1.807, 2.05) is 0 Å². The molecule has 0 aromatic carbocycles. The van der Waals surface area contributed by atoms with Crippen molar-refractivity contribution in [3.63, 3.8) is 0 Å². The first-order valence-corrected chi connectivity index (χ1v) is 24.8. The van der Waals surface area contributed by atoms with Crippen LogP contribution in [0.3, 0.4) is 0 Å². The number of rotatable bonds is 44. The highest BCUT2D eigenvalue weighted by Gasteiger charge is 2.19. The van der Waals surface area contributed by atoms with Crippen LogP contribution in [0.15, 0.2) is 60.8 Å². The first-order chi connectivity index (χ1) is 29.0. The highest BCUT2D eigenvalue weighted by molar-refractivity contribution is 5.71. The van der Waals surface area contributed by atoms with Gasteiger partial charge in [-0.05, 0) is 89.9 Å². The Bertz CT molecular complexity index is 1090. The predicted octanol–water partition coefficient (Wildman–Crippen LogP) is 16.1. The lowest BCUT2D eigenvalue weighted by molar-refractivity contribution is -0.167. The van der Waals surface area contributed by atoms with Crippen LogP contribution in [-0.2, 0) is 28.6 Å². The largest absolute Gasteiger partial charge is 0.462 e. The van der Waals surface area contributed by atoms with Gasteiger partial charge >= 0.3 is 17.9 Å². The molecule has 0 radical (unpaired) electrons. The molecule has 1 atom stereocenters. The number of carbonyl (C=O) groups is 3. The van der Waals surface area contributed by atoms with E-state index in [0.29, 0.717) is 19.3 Å². The summed E-state index contributed by atoms with van der Waals surface area (Å²) in [5.74, 6) is -0.939. The molecule has 0 saturated heterocycles. The van der Waals surface area contributed by atoms with E-state index >= 15 is 0 Å². The zero-order valence-corrected chi connectivity index (χ0v) is 38.8. The van der Waals surface area contributed by atoms with Gasteiger partial charge in [-0.1, -0.05) is 191 Å². The van der Waals surface area contributed by atoms with E-state index in [0.717, 1.165) is 77.0 Å². The lowest BCUT2D eigenvalue weighted by Crippen LogP contribution is -2.30. The van der Waals surface area contributed by atoms with Gasteiger partial charge in [0.15, 0.2) is 6.10 Å². The van der Waals surface area contributed by atoms with Gasteiger partial charge in [-0.3, -0.25) is 14.4 Å². The maximum atomic E-state index is 12.7. The van der Waals surface area contributed by atoms with E-state index in [1.54, 1.807) is 0 Å². The molecular weight excluding hydrogens is 733 g/mol. The van der Waals surface area contributed by atoms with Gasteiger partial charge in [0, 0.05) is 19.3 Å². The molecule has 0 aliphatic rings. The van der Waals surface area contributed by atoms with Gasteiger partial charge in [0.2, 0.25) is 0 Å². The summed E-state index contributed by atoms with van der Waals surface area (Å²) in [6.45, 7) is 6.52. The number of esters is 3. The summed E-state index contributed by atoms with van der Waals surface area (Å²) in [5, 5.41) is 0. The van der Waals surface area contributed by atoms with E-state index in [9.17, 15) is 14.4 Å². The number of carbonyl (C=O) groups excluding carboxylic acids is 3. The van der Waals surface area contributed by atoms with Gasteiger partial charge < -0.3 is 14.2 Å². The quantitative estimate of drug-likeness (QED) is 0.0263. The molecule has 0 heterocycles. The van der Waals surface area contributed by atoms with E-state index in [4.69, 9.17) is 14.2 Å². The Balaban J connectivity index is 4.40. The number of unbranched alkanes of at least 4 members (excludes halogenated alkanes) is 23. The van der Waals surface area contributed by atoms with E-state index in [2.05, 4.69) is 81.5 Å². The molecule has 0 spiro atoms. The molecule has 0 unspecified atom stereocenters. The van der Waals surface area contributed by atoms with Crippen molar-refractivity contribution in [2.75, 3.05) is 13.2 Å². The van der Waals surface area contributed by atoms with Crippen molar-refractivity contribution in [2.45, 2.75) is 245 Å². The van der Waals surface area contributed by atoms with Crippen molar-refractivity contribution in [1.29, 1.82) is 0 Å². The molecule has 6 nitrogen and oxygen atoms in total. The minimum absolute atomic E-state index is 0.0911. The Morgan fingerprint density at radius 2 is 0.610 bits per heavy atom. The molecule has 59 heavy (non-hydrogen) atoms. The maximum Gasteiger partial charge on any atom is 0.306 e. The Hall–Kier alpha value is -2.89. The molecule has 0 aromatic rings.